The van der Waals surface area contributed by atoms with Gasteiger partial charge in [-0.05, 0) is 32.4 Å². The summed E-state index contributed by atoms with van der Waals surface area (Å²) >= 11 is 1.83. The minimum Gasteiger partial charge on any atom is -0.381 e. The first-order valence-electron chi connectivity index (χ1n) is 6.94. The number of hydrogen-bond acceptors (Lipinski definition) is 3. The molecular weight excluding hydrogens is 268 g/mol. The zero-order valence-corrected chi connectivity index (χ0v) is 13.8. The SMILES string of the molecule is C=C(C)C[C@H](C[C@@H](CSc1ccc(C)cc1)OC)OC. The van der Waals surface area contributed by atoms with Gasteiger partial charge in [-0.25, -0.2) is 0 Å². The van der Waals surface area contributed by atoms with Crippen LogP contribution >= 0.6 is 11.8 Å². The molecule has 3 heteroatoms. The minimum atomic E-state index is 0.191. The van der Waals surface area contributed by atoms with Crippen molar-refractivity contribution in [2.75, 3.05) is 20.0 Å². The van der Waals surface area contributed by atoms with E-state index >= 15 is 0 Å². The molecule has 0 aromatic heterocycles. The Balaban J connectivity index is 2.45. The Hall–Kier alpha value is -0.770. The van der Waals surface area contributed by atoms with Gasteiger partial charge in [0.2, 0.25) is 0 Å². The third kappa shape index (κ3) is 6.60. The maximum atomic E-state index is 5.58. The lowest BCUT2D eigenvalue weighted by Crippen LogP contribution is -2.23. The average molecular weight is 294 g/mol. The molecular formula is C17H26O2S. The summed E-state index contributed by atoms with van der Waals surface area (Å²) in [6.45, 7) is 8.09. The van der Waals surface area contributed by atoms with Crippen LogP contribution < -0.4 is 0 Å². The highest BCUT2D eigenvalue weighted by Gasteiger charge is 2.16. The number of benzene rings is 1. The van der Waals surface area contributed by atoms with E-state index < -0.39 is 0 Å². The molecule has 0 saturated heterocycles. The van der Waals surface area contributed by atoms with Crippen molar-refractivity contribution in [3.63, 3.8) is 0 Å². The Kier molecular flexibility index (Phi) is 7.97. The van der Waals surface area contributed by atoms with Crippen LogP contribution in [0.15, 0.2) is 41.3 Å². The molecule has 1 rings (SSSR count). The predicted octanol–water partition coefficient (Wildman–Crippen LogP) is 4.47. The molecule has 0 aliphatic heterocycles. The number of hydrogen-bond donors (Lipinski definition) is 0. The summed E-state index contributed by atoms with van der Waals surface area (Å²) in [6, 6.07) is 8.61. The normalized spacial score (nSPS) is 14.0. The summed E-state index contributed by atoms with van der Waals surface area (Å²) in [5.74, 6) is 0.940. The predicted molar refractivity (Wildman–Crippen MR) is 87.5 cm³/mol. The molecule has 0 saturated carbocycles. The molecule has 0 unspecified atom stereocenters. The van der Waals surface area contributed by atoms with Crippen molar-refractivity contribution in [3.8, 4) is 0 Å². The minimum absolute atomic E-state index is 0.191. The van der Waals surface area contributed by atoms with Crippen molar-refractivity contribution in [3.05, 3.63) is 42.0 Å². The van der Waals surface area contributed by atoms with Crippen LogP contribution in [0.3, 0.4) is 0 Å². The van der Waals surface area contributed by atoms with Gasteiger partial charge in [0, 0.05) is 31.3 Å². The smallest absolute Gasteiger partial charge is 0.0690 e. The van der Waals surface area contributed by atoms with E-state index in [1.165, 1.54) is 10.5 Å². The monoisotopic (exact) mass is 294 g/mol. The molecule has 0 radical (unpaired) electrons. The van der Waals surface area contributed by atoms with Crippen molar-refractivity contribution in [2.45, 2.75) is 43.8 Å². The molecule has 2 nitrogen and oxygen atoms in total. The summed E-state index contributed by atoms with van der Waals surface area (Å²) in [4.78, 5) is 1.28. The van der Waals surface area contributed by atoms with Gasteiger partial charge in [-0.2, -0.15) is 0 Å². The highest BCUT2D eigenvalue weighted by Crippen LogP contribution is 2.22. The zero-order valence-electron chi connectivity index (χ0n) is 13.0. The van der Waals surface area contributed by atoms with Gasteiger partial charge in [0.1, 0.15) is 0 Å². The molecule has 1 aromatic carbocycles. The van der Waals surface area contributed by atoms with Crippen LogP contribution in [0, 0.1) is 6.92 Å². The molecule has 112 valence electrons. The van der Waals surface area contributed by atoms with Gasteiger partial charge in [0.15, 0.2) is 0 Å². The highest BCUT2D eigenvalue weighted by molar-refractivity contribution is 7.99. The fourth-order valence-electron chi connectivity index (χ4n) is 2.00. The van der Waals surface area contributed by atoms with Gasteiger partial charge in [0.05, 0.1) is 12.2 Å². The first kappa shape index (κ1) is 17.3. The van der Waals surface area contributed by atoms with Crippen molar-refractivity contribution in [1.82, 2.24) is 0 Å². The number of rotatable bonds is 9. The zero-order chi connectivity index (χ0) is 15.0. The average Bonchev–Trinajstić information content (AvgIpc) is 2.43. The van der Waals surface area contributed by atoms with Crippen LogP contribution in [0.1, 0.15) is 25.3 Å². The van der Waals surface area contributed by atoms with Gasteiger partial charge < -0.3 is 9.47 Å². The molecule has 2 atom stereocenters. The van der Waals surface area contributed by atoms with E-state index in [-0.39, 0.29) is 12.2 Å². The molecule has 0 bridgehead atoms. The molecule has 0 N–H and O–H groups in total. The van der Waals surface area contributed by atoms with E-state index in [4.69, 9.17) is 9.47 Å². The number of aryl methyl sites for hydroxylation is 1. The van der Waals surface area contributed by atoms with Gasteiger partial charge >= 0.3 is 0 Å². The highest BCUT2D eigenvalue weighted by atomic mass is 32.2. The number of ether oxygens (including phenoxy) is 2. The van der Waals surface area contributed by atoms with E-state index in [0.29, 0.717) is 0 Å². The lowest BCUT2D eigenvalue weighted by Gasteiger charge is -2.21. The molecule has 0 fully saturated rings. The van der Waals surface area contributed by atoms with Crippen LogP contribution in [-0.2, 0) is 9.47 Å². The lowest BCUT2D eigenvalue weighted by atomic mass is 10.1. The topological polar surface area (TPSA) is 18.5 Å². The van der Waals surface area contributed by atoms with Crippen molar-refractivity contribution >= 4 is 11.8 Å². The quantitative estimate of drug-likeness (QED) is 0.494. The van der Waals surface area contributed by atoms with Crippen LogP contribution in [0.2, 0.25) is 0 Å². The van der Waals surface area contributed by atoms with E-state index in [0.717, 1.165) is 24.2 Å². The Morgan fingerprint density at radius 2 is 1.75 bits per heavy atom. The Morgan fingerprint density at radius 3 is 2.25 bits per heavy atom. The second-order valence-corrected chi connectivity index (χ2v) is 6.33. The second-order valence-electron chi connectivity index (χ2n) is 5.24. The fourth-order valence-corrected chi connectivity index (χ4v) is 2.98. The molecule has 20 heavy (non-hydrogen) atoms. The molecule has 0 aliphatic carbocycles. The maximum Gasteiger partial charge on any atom is 0.0690 e. The van der Waals surface area contributed by atoms with E-state index in [1.807, 2.05) is 18.7 Å². The second kappa shape index (κ2) is 9.22. The fraction of sp³-hybridized carbons (Fsp3) is 0.529. The first-order valence-corrected chi connectivity index (χ1v) is 7.93. The Morgan fingerprint density at radius 1 is 1.15 bits per heavy atom. The summed E-state index contributed by atoms with van der Waals surface area (Å²) in [5.41, 5.74) is 2.44. The third-order valence-electron chi connectivity index (χ3n) is 3.23. The van der Waals surface area contributed by atoms with E-state index in [1.54, 1.807) is 14.2 Å². The molecule has 1 aromatic rings. The van der Waals surface area contributed by atoms with Gasteiger partial charge in [-0.15, -0.1) is 18.3 Å². The Labute approximate surface area is 127 Å². The maximum absolute atomic E-state index is 5.58. The van der Waals surface area contributed by atoms with Crippen LogP contribution in [0.25, 0.3) is 0 Å². The molecule has 0 spiro atoms. The van der Waals surface area contributed by atoms with Gasteiger partial charge in [-0.3, -0.25) is 0 Å². The van der Waals surface area contributed by atoms with Crippen LogP contribution in [0.4, 0.5) is 0 Å². The Bertz CT molecular complexity index is 400. The van der Waals surface area contributed by atoms with E-state index in [9.17, 15) is 0 Å². The number of thioether (sulfide) groups is 1. The van der Waals surface area contributed by atoms with Gasteiger partial charge in [0.25, 0.3) is 0 Å². The standard InChI is InChI=1S/C17H26O2S/c1-13(2)10-15(18-4)11-16(19-5)12-20-17-8-6-14(3)7-9-17/h6-9,15-16H,1,10-12H2,2-5H3/t15-,16+/m1/s1. The third-order valence-corrected chi connectivity index (χ3v) is 4.37. The van der Waals surface area contributed by atoms with Crippen molar-refractivity contribution in [1.29, 1.82) is 0 Å². The molecule has 0 aliphatic rings. The molecule has 0 amide bonds. The van der Waals surface area contributed by atoms with Gasteiger partial charge in [-0.1, -0.05) is 23.3 Å². The van der Waals surface area contributed by atoms with Crippen molar-refractivity contribution in [2.24, 2.45) is 0 Å². The lowest BCUT2D eigenvalue weighted by molar-refractivity contribution is 0.0331. The summed E-state index contributed by atoms with van der Waals surface area (Å²) < 4.78 is 11.1. The number of methoxy groups -OCH3 is 2. The van der Waals surface area contributed by atoms with Crippen LogP contribution in [-0.4, -0.2) is 32.2 Å². The summed E-state index contributed by atoms with van der Waals surface area (Å²) in [6.07, 6.45) is 2.19. The summed E-state index contributed by atoms with van der Waals surface area (Å²) in [7, 11) is 3.53. The van der Waals surface area contributed by atoms with Crippen molar-refractivity contribution < 1.29 is 9.47 Å². The largest absolute Gasteiger partial charge is 0.381 e. The molecule has 0 heterocycles. The summed E-state index contributed by atoms with van der Waals surface area (Å²) in [5, 5.41) is 0. The van der Waals surface area contributed by atoms with Crippen LogP contribution in [0.5, 0.6) is 0 Å². The first-order chi connectivity index (χ1) is 9.55. The van der Waals surface area contributed by atoms with E-state index in [2.05, 4.69) is 37.8 Å².